The zero-order valence-corrected chi connectivity index (χ0v) is 12.7. The van der Waals surface area contributed by atoms with Crippen LogP contribution in [0.1, 0.15) is 38.5 Å². The van der Waals surface area contributed by atoms with E-state index in [4.69, 9.17) is 5.84 Å². The molecule has 1 saturated carbocycles. The van der Waals surface area contributed by atoms with Crippen molar-refractivity contribution in [2.75, 3.05) is 17.3 Å². The first kappa shape index (κ1) is 14.5. The monoisotopic (exact) mass is 307 g/mol. The Hall–Kier alpha value is -1.44. The molecular weight excluding hydrogens is 286 g/mol. The summed E-state index contributed by atoms with van der Waals surface area (Å²) in [6.07, 6.45) is 6.30. The van der Waals surface area contributed by atoms with Gasteiger partial charge in [-0.15, -0.1) is 11.3 Å². The van der Waals surface area contributed by atoms with Crippen molar-refractivity contribution in [2.24, 2.45) is 5.84 Å². The second-order valence-corrected chi connectivity index (χ2v) is 6.57. The van der Waals surface area contributed by atoms with E-state index in [1.807, 2.05) is 11.4 Å². The predicted molar refractivity (Wildman–Crippen MR) is 86.4 cm³/mol. The number of hydrogen-bond acceptors (Lipinski definition) is 7. The highest BCUT2D eigenvalue weighted by Gasteiger charge is 2.28. The molecule has 2 aromatic rings. The summed E-state index contributed by atoms with van der Waals surface area (Å²) in [6, 6.07) is 1.99. The SMILES string of the molecule is NNc1nc(NCC2(O)CCCCCC2)c2ccsc2n1. The van der Waals surface area contributed by atoms with Crippen LogP contribution in [0.5, 0.6) is 0 Å². The summed E-state index contributed by atoms with van der Waals surface area (Å²) in [6.45, 7) is 0.513. The van der Waals surface area contributed by atoms with Gasteiger partial charge in [-0.25, -0.2) is 10.8 Å². The molecule has 0 saturated heterocycles. The third kappa shape index (κ3) is 3.25. The van der Waals surface area contributed by atoms with Gasteiger partial charge in [-0.1, -0.05) is 25.7 Å². The Morgan fingerprint density at radius 1 is 1.24 bits per heavy atom. The molecule has 2 heterocycles. The molecule has 1 aliphatic carbocycles. The van der Waals surface area contributed by atoms with Crippen molar-refractivity contribution in [3.63, 3.8) is 0 Å². The van der Waals surface area contributed by atoms with Gasteiger partial charge in [0.1, 0.15) is 10.6 Å². The molecule has 114 valence electrons. The number of fused-ring (bicyclic) bond motifs is 1. The lowest BCUT2D eigenvalue weighted by Crippen LogP contribution is -2.36. The lowest BCUT2D eigenvalue weighted by molar-refractivity contribution is 0.0381. The Bertz CT molecular complexity index is 606. The van der Waals surface area contributed by atoms with Crippen molar-refractivity contribution in [3.8, 4) is 0 Å². The number of hydrogen-bond donors (Lipinski definition) is 4. The van der Waals surface area contributed by atoms with Crippen LogP contribution in [-0.4, -0.2) is 27.2 Å². The molecular formula is C14H21N5OS. The molecule has 6 nitrogen and oxygen atoms in total. The van der Waals surface area contributed by atoms with Crippen LogP contribution < -0.4 is 16.6 Å². The number of rotatable bonds is 4. The molecule has 1 aliphatic rings. The first-order valence-corrected chi connectivity index (χ1v) is 8.26. The van der Waals surface area contributed by atoms with Crippen molar-refractivity contribution in [1.82, 2.24) is 9.97 Å². The van der Waals surface area contributed by atoms with Gasteiger partial charge in [0.15, 0.2) is 0 Å². The molecule has 0 aliphatic heterocycles. The van der Waals surface area contributed by atoms with Crippen LogP contribution in [-0.2, 0) is 0 Å². The number of nitrogens with zero attached hydrogens (tertiary/aromatic N) is 2. The van der Waals surface area contributed by atoms with E-state index in [9.17, 15) is 5.11 Å². The summed E-state index contributed by atoms with van der Waals surface area (Å²) in [5.41, 5.74) is 1.85. The number of nitrogen functional groups attached to an aromatic ring is 1. The zero-order chi connectivity index (χ0) is 14.7. The normalized spacial score (nSPS) is 18.4. The molecule has 0 amide bonds. The van der Waals surface area contributed by atoms with Crippen LogP contribution in [0.25, 0.3) is 10.2 Å². The van der Waals surface area contributed by atoms with Crippen molar-refractivity contribution in [2.45, 2.75) is 44.1 Å². The molecule has 0 unspecified atom stereocenters. The lowest BCUT2D eigenvalue weighted by Gasteiger charge is -2.27. The standard InChI is InChI=1S/C14H21N5OS/c15-19-13-17-11(10-5-8-21-12(10)18-13)16-9-14(20)6-3-1-2-4-7-14/h5,8,20H,1-4,6-7,9,15H2,(H2,16,17,18,19). The quantitative estimate of drug-likeness (QED) is 0.394. The lowest BCUT2D eigenvalue weighted by atomic mass is 9.94. The average molecular weight is 307 g/mol. The van der Waals surface area contributed by atoms with Gasteiger partial charge in [-0.2, -0.15) is 4.98 Å². The van der Waals surface area contributed by atoms with E-state index < -0.39 is 5.60 Å². The van der Waals surface area contributed by atoms with E-state index >= 15 is 0 Å². The Balaban J connectivity index is 1.79. The highest BCUT2D eigenvalue weighted by molar-refractivity contribution is 7.16. The fourth-order valence-corrected chi connectivity index (χ4v) is 3.63. The minimum absolute atomic E-state index is 0.389. The first-order chi connectivity index (χ1) is 10.2. The number of thiophene rings is 1. The molecule has 0 atom stereocenters. The number of anilines is 2. The minimum atomic E-state index is -0.639. The van der Waals surface area contributed by atoms with Crippen molar-refractivity contribution >= 4 is 33.3 Å². The first-order valence-electron chi connectivity index (χ1n) is 7.38. The molecule has 7 heteroatoms. The Kier molecular flexibility index (Phi) is 4.23. The second-order valence-electron chi connectivity index (χ2n) is 5.67. The maximum Gasteiger partial charge on any atom is 0.240 e. The summed E-state index contributed by atoms with van der Waals surface area (Å²) in [5.74, 6) is 6.53. The van der Waals surface area contributed by atoms with Crippen molar-refractivity contribution in [3.05, 3.63) is 11.4 Å². The molecule has 2 aromatic heterocycles. The van der Waals surface area contributed by atoms with Crippen LogP contribution in [0.2, 0.25) is 0 Å². The molecule has 0 radical (unpaired) electrons. The van der Waals surface area contributed by atoms with Crippen LogP contribution in [0, 0.1) is 0 Å². The van der Waals surface area contributed by atoms with Crippen molar-refractivity contribution < 1.29 is 5.11 Å². The average Bonchev–Trinajstić information content (AvgIpc) is 2.86. The van der Waals surface area contributed by atoms with Gasteiger partial charge >= 0.3 is 0 Å². The van der Waals surface area contributed by atoms with Crippen LogP contribution in [0.15, 0.2) is 11.4 Å². The summed E-state index contributed by atoms with van der Waals surface area (Å²) in [7, 11) is 0. The highest BCUT2D eigenvalue weighted by atomic mass is 32.1. The van der Waals surface area contributed by atoms with Gasteiger partial charge in [-0.05, 0) is 24.3 Å². The van der Waals surface area contributed by atoms with Gasteiger partial charge < -0.3 is 10.4 Å². The third-order valence-electron chi connectivity index (χ3n) is 4.07. The Labute approximate surface area is 127 Å². The number of aromatic nitrogens is 2. The fourth-order valence-electron chi connectivity index (χ4n) is 2.87. The molecule has 5 N–H and O–H groups in total. The van der Waals surface area contributed by atoms with Gasteiger partial charge in [0.2, 0.25) is 5.95 Å². The van der Waals surface area contributed by atoms with E-state index in [0.717, 1.165) is 41.7 Å². The Morgan fingerprint density at radius 3 is 2.71 bits per heavy atom. The summed E-state index contributed by atoms with van der Waals surface area (Å²) in [4.78, 5) is 9.56. The van der Waals surface area contributed by atoms with E-state index in [1.165, 1.54) is 12.8 Å². The third-order valence-corrected chi connectivity index (χ3v) is 4.88. The smallest absolute Gasteiger partial charge is 0.240 e. The highest BCUT2D eigenvalue weighted by Crippen LogP contribution is 2.30. The summed E-state index contributed by atoms with van der Waals surface area (Å²) < 4.78 is 0. The zero-order valence-electron chi connectivity index (χ0n) is 11.9. The number of nitrogens with two attached hydrogens (primary N) is 1. The van der Waals surface area contributed by atoms with Gasteiger partial charge in [0, 0.05) is 6.54 Å². The van der Waals surface area contributed by atoms with Crippen LogP contribution >= 0.6 is 11.3 Å². The topological polar surface area (TPSA) is 96.1 Å². The fraction of sp³-hybridized carbons (Fsp3) is 0.571. The molecule has 0 spiro atoms. The predicted octanol–water partition coefficient (Wildman–Crippen LogP) is 2.47. The Morgan fingerprint density at radius 2 is 2.00 bits per heavy atom. The minimum Gasteiger partial charge on any atom is -0.388 e. The molecule has 0 bridgehead atoms. The largest absolute Gasteiger partial charge is 0.388 e. The van der Waals surface area contributed by atoms with Gasteiger partial charge in [-0.3, -0.25) is 5.43 Å². The maximum atomic E-state index is 10.7. The molecule has 1 fully saturated rings. The number of hydrazine groups is 1. The van der Waals surface area contributed by atoms with E-state index in [1.54, 1.807) is 11.3 Å². The van der Waals surface area contributed by atoms with Crippen LogP contribution in [0.4, 0.5) is 11.8 Å². The van der Waals surface area contributed by atoms with Crippen molar-refractivity contribution in [1.29, 1.82) is 0 Å². The number of aliphatic hydroxyl groups is 1. The van der Waals surface area contributed by atoms with E-state index in [-0.39, 0.29) is 0 Å². The molecule has 21 heavy (non-hydrogen) atoms. The van der Waals surface area contributed by atoms with E-state index in [2.05, 4.69) is 20.7 Å². The van der Waals surface area contributed by atoms with E-state index in [0.29, 0.717) is 12.5 Å². The summed E-state index contributed by atoms with van der Waals surface area (Å²) in [5, 5.41) is 17.0. The molecule has 3 rings (SSSR count). The van der Waals surface area contributed by atoms with Gasteiger partial charge in [0.05, 0.1) is 11.0 Å². The van der Waals surface area contributed by atoms with Crippen LogP contribution in [0.3, 0.4) is 0 Å². The summed E-state index contributed by atoms with van der Waals surface area (Å²) >= 11 is 1.55. The van der Waals surface area contributed by atoms with Gasteiger partial charge in [0.25, 0.3) is 0 Å². The second kappa shape index (κ2) is 6.13. The molecule has 0 aromatic carbocycles. The maximum absolute atomic E-state index is 10.7. The number of nitrogens with one attached hydrogen (secondary N) is 2.